The molecule has 4 aromatic rings. The number of hydrogen-bond donors (Lipinski definition) is 1. The van der Waals surface area contributed by atoms with Gasteiger partial charge >= 0.3 is 0 Å². The number of Topliss-reactive ketones (excluding diaryl/α,β-unsaturated/α-hetero) is 1. The van der Waals surface area contributed by atoms with E-state index >= 15 is 0 Å². The van der Waals surface area contributed by atoms with Crippen LogP contribution < -0.4 is 24.4 Å². The molecule has 0 spiro atoms. The Morgan fingerprint density at radius 2 is 1.28 bits per heavy atom. The van der Waals surface area contributed by atoms with Crippen molar-refractivity contribution in [3.05, 3.63) is 119 Å². The van der Waals surface area contributed by atoms with Crippen LogP contribution in [0.2, 0.25) is 0 Å². The Kier molecular flexibility index (Phi) is 11.3. The first-order valence-corrected chi connectivity index (χ1v) is 16.1. The fourth-order valence-electron chi connectivity index (χ4n) is 6.27. The molecule has 0 saturated carbocycles. The molecule has 4 aromatic carbocycles. The minimum absolute atomic E-state index is 0.0766. The van der Waals surface area contributed by atoms with Gasteiger partial charge in [-0.15, -0.1) is 0 Å². The lowest BCUT2D eigenvalue weighted by molar-refractivity contribution is -0.125. The number of para-hydroxylation sites is 1. The van der Waals surface area contributed by atoms with Crippen molar-refractivity contribution in [3.63, 3.8) is 0 Å². The van der Waals surface area contributed by atoms with Crippen molar-refractivity contribution in [1.82, 2.24) is 5.32 Å². The lowest BCUT2D eigenvalue weighted by Gasteiger charge is -2.27. The second-order valence-corrected chi connectivity index (χ2v) is 11.7. The molecule has 5 rings (SSSR count). The molecular formula is C39H42N2O6. The molecular weight excluding hydrogens is 592 g/mol. The number of nitrogens with zero attached hydrogens (tertiary/aromatic N) is 1. The van der Waals surface area contributed by atoms with Crippen molar-refractivity contribution in [2.45, 2.75) is 57.0 Å². The Morgan fingerprint density at radius 3 is 1.81 bits per heavy atom. The largest absolute Gasteiger partial charge is 0.493 e. The van der Waals surface area contributed by atoms with E-state index < -0.39 is 17.7 Å². The van der Waals surface area contributed by atoms with Crippen LogP contribution in [0.3, 0.4) is 0 Å². The standard InChI is InChI=1S/C39H42N2O6/c1-45-34-25-30(26-35(46-2)37(34)47-3)36(42)39(44)41-32-23-11-10-20-29(32)24-33(41)38(43)40-31(21-12-18-27-14-6-4-7-15-27)22-13-19-28-16-8-5-9-17-28/h4-11,14-17,20,23,25-26,31,33H,12-13,18-19,21-22,24H2,1-3H3,(H,40,43). The summed E-state index contributed by atoms with van der Waals surface area (Å²) in [6, 6.07) is 30.0. The molecule has 8 heteroatoms. The van der Waals surface area contributed by atoms with E-state index in [1.165, 1.54) is 49.5 Å². The number of ether oxygens (including phenoxy) is 3. The van der Waals surface area contributed by atoms with Crippen molar-refractivity contribution in [2.75, 3.05) is 26.2 Å². The molecule has 1 atom stereocenters. The zero-order valence-electron chi connectivity index (χ0n) is 27.2. The summed E-state index contributed by atoms with van der Waals surface area (Å²) in [7, 11) is 4.36. The number of fused-ring (bicyclic) bond motifs is 1. The number of anilines is 1. The molecule has 47 heavy (non-hydrogen) atoms. The number of ketones is 1. The van der Waals surface area contributed by atoms with Crippen LogP contribution in [0.4, 0.5) is 5.69 Å². The third-order valence-electron chi connectivity index (χ3n) is 8.69. The molecule has 0 saturated heterocycles. The van der Waals surface area contributed by atoms with Gasteiger partial charge < -0.3 is 19.5 Å². The Hall–Kier alpha value is -5.11. The van der Waals surface area contributed by atoms with Crippen molar-refractivity contribution in [3.8, 4) is 17.2 Å². The van der Waals surface area contributed by atoms with Gasteiger partial charge in [-0.25, -0.2) is 0 Å². The van der Waals surface area contributed by atoms with Crippen molar-refractivity contribution in [2.24, 2.45) is 0 Å². The number of rotatable bonds is 15. The Morgan fingerprint density at radius 1 is 0.745 bits per heavy atom. The van der Waals surface area contributed by atoms with Gasteiger partial charge in [0.2, 0.25) is 11.7 Å². The summed E-state index contributed by atoms with van der Waals surface area (Å²) in [6.45, 7) is 0. The molecule has 0 radical (unpaired) electrons. The number of hydrogen-bond acceptors (Lipinski definition) is 6. The summed E-state index contributed by atoms with van der Waals surface area (Å²) in [6.07, 6.45) is 5.56. The molecule has 0 aromatic heterocycles. The van der Waals surface area contributed by atoms with Crippen LogP contribution in [0.25, 0.3) is 0 Å². The number of benzene rings is 4. The van der Waals surface area contributed by atoms with Gasteiger partial charge in [0.05, 0.1) is 21.3 Å². The first kappa shape index (κ1) is 33.3. The minimum Gasteiger partial charge on any atom is -0.493 e. The highest BCUT2D eigenvalue weighted by atomic mass is 16.5. The Labute approximate surface area is 276 Å². The van der Waals surface area contributed by atoms with E-state index in [1.807, 2.05) is 48.5 Å². The van der Waals surface area contributed by atoms with Crippen LogP contribution in [-0.4, -0.2) is 51.0 Å². The molecule has 0 fully saturated rings. The molecule has 8 nitrogen and oxygen atoms in total. The topological polar surface area (TPSA) is 94.2 Å². The first-order chi connectivity index (χ1) is 22.9. The van der Waals surface area contributed by atoms with Gasteiger partial charge in [0.1, 0.15) is 6.04 Å². The van der Waals surface area contributed by atoms with Gasteiger partial charge in [0.15, 0.2) is 11.5 Å². The van der Waals surface area contributed by atoms with Gasteiger partial charge in [0, 0.05) is 23.7 Å². The van der Waals surface area contributed by atoms with Crippen LogP contribution >= 0.6 is 0 Å². The maximum atomic E-state index is 14.1. The predicted molar refractivity (Wildman–Crippen MR) is 183 cm³/mol. The average Bonchev–Trinajstić information content (AvgIpc) is 3.51. The van der Waals surface area contributed by atoms with Gasteiger partial charge in [0.25, 0.3) is 11.7 Å². The lowest BCUT2D eigenvalue weighted by atomic mass is 9.98. The van der Waals surface area contributed by atoms with E-state index in [1.54, 1.807) is 12.1 Å². The lowest BCUT2D eigenvalue weighted by Crippen LogP contribution is -2.52. The SMILES string of the molecule is COc1cc(C(=O)C(=O)N2c3ccccc3CC2C(=O)NC(CCCc2ccccc2)CCCc2ccccc2)cc(OC)c1OC. The maximum Gasteiger partial charge on any atom is 0.300 e. The zero-order valence-corrected chi connectivity index (χ0v) is 27.2. The minimum atomic E-state index is -0.864. The van der Waals surface area contributed by atoms with Gasteiger partial charge in [-0.05, 0) is 73.4 Å². The van der Waals surface area contributed by atoms with E-state index in [0.29, 0.717) is 17.9 Å². The summed E-state index contributed by atoms with van der Waals surface area (Å²) in [5.41, 5.74) is 3.99. The summed E-state index contributed by atoms with van der Waals surface area (Å²) in [5.74, 6) is -1.01. The van der Waals surface area contributed by atoms with E-state index in [0.717, 1.165) is 44.1 Å². The summed E-state index contributed by atoms with van der Waals surface area (Å²) < 4.78 is 16.2. The van der Waals surface area contributed by atoms with Crippen LogP contribution in [0, 0.1) is 0 Å². The Bertz CT molecular complexity index is 1600. The van der Waals surface area contributed by atoms with Gasteiger partial charge in [-0.1, -0.05) is 78.9 Å². The summed E-state index contributed by atoms with van der Waals surface area (Å²) in [5, 5.41) is 3.28. The highest BCUT2D eigenvalue weighted by molar-refractivity contribution is 6.48. The van der Waals surface area contributed by atoms with E-state index in [9.17, 15) is 14.4 Å². The molecule has 1 aliphatic rings. The van der Waals surface area contributed by atoms with Crippen LogP contribution in [0.1, 0.15) is 52.7 Å². The monoisotopic (exact) mass is 634 g/mol. The number of nitrogens with one attached hydrogen (secondary N) is 1. The maximum absolute atomic E-state index is 14.1. The Balaban J connectivity index is 1.35. The highest BCUT2D eigenvalue weighted by Crippen LogP contribution is 2.39. The fourth-order valence-corrected chi connectivity index (χ4v) is 6.27. The van der Waals surface area contributed by atoms with Gasteiger partial charge in [-0.2, -0.15) is 0 Å². The van der Waals surface area contributed by atoms with E-state index in [4.69, 9.17) is 14.2 Å². The molecule has 1 N–H and O–H groups in total. The molecule has 1 heterocycles. The second kappa shape index (κ2) is 15.9. The molecule has 2 amide bonds. The van der Waals surface area contributed by atoms with Crippen LogP contribution in [0.15, 0.2) is 97.1 Å². The van der Waals surface area contributed by atoms with E-state index in [2.05, 4.69) is 29.6 Å². The first-order valence-electron chi connectivity index (χ1n) is 16.1. The van der Waals surface area contributed by atoms with Crippen LogP contribution in [0.5, 0.6) is 17.2 Å². The van der Waals surface area contributed by atoms with Crippen LogP contribution in [-0.2, 0) is 28.9 Å². The van der Waals surface area contributed by atoms with Crippen molar-refractivity contribution >= 4 is 23.3 Å². The number of carbonyl (C=O) groups excluding carboxylic acids is 3. The number of aryl methyl sites for hydroxylation is 2. The fraction of sp³-hybridized carbons (Fsp3) is 0.308. The predicted octanol–water partition coefficient (Wildman–Crippen LogP) is 6.38. The quantitative estimate of drug-likeness (QED) is 0.120. The molecule has 1 unspecified atom stereocenters. The van der Waals surface area contributed by atoms with Gasteiger partial charge in [-0.3, -0.25) is 19.3 Å². The molecule has 244 valence electrons. The smallest absolute Gasteiger partial charge is 0.300 e. The normalized spacial score (nSPS) is 13.6. The van der Waals surface area contributed by atoms with Crippen molar-refractivity contribution in [1.29, 1.82) is 0 Å². The summed E-state index contributed by atoms with van der Waals surface area (Å²) >= 11 is 0. The molecule has 1 aliphatic heterocycles. The zero-order chi connectivity index (χ0) is 33.2. The number of carbonyl (C=O) groups is 3. The number of amides is 2. The summed E-state index contributed by atoms with van der Waals surface area (Å²) in [4.78, 5) is 43.2. The second-order valence-electron chi connectivity index (χ2n) is 11.7. The molecule has 0 aliphatic carbocycles. The highest BCUT2D eigenvalue weighted by Gasteiger charge is 2.41. The number of methoxy groups -OCH3 is 3. The third kappa shape index (κ3) is 8.01. The molecule has 0 bridgehead atoms. The average molecular weight is 635 g/mol. The van der Waals surface area contributed by atoms with E-state index in [-0.39, 0.29) is 29.0 Å². The third-order valence-corrected chi connectivity index (χ3v) is 8.69. The van der Waals surface area contributed by atoms with Crippen molar-refractivity contribution < 1.29 is 28.6 Å².